The van der Waals surface area contributed by atoms with Crippen molar-refractivity contribution in [2.24, 2.45) is 11.7 Å². The maximum absolute atomic E-state index is 12.6. The topological polar surface area (TPSA) is 147 Å². The minimum atomic E-state index is -0.781. The number of aryl methyl sites for hydroxylation is 5. The Morgan fingerprint density at radius 3 is 0.975 bits per heavy atom. The molecule has 6 atom stereocenters. The van der Waals surface area contributed by atoms with Crippen LogP contribution >= 0.6 is 234 Å². The van der Waals surface area contributed by atoms with Crippen LogP contribution in [0.2, 0.25) is 90.4 Å². The molecule has 4 aliphatic heterocycles. The van der Waals surface area contributed by atoms with Crippen LogP contribution < -0.4 is 24.6 Å². The fourth-order valence-electron chi connectivity index (χ4n) is 12.6. The van der Waals surface area contributed by atoms with E-state index in [-0.39, 0.29) is 134 Å². The summed E-state index contributed by atoms with van der Waals surface area (Å²) in [7, 11) is -0.781. The van der Waals surface area contributed by atoms with Crippen LogP contribution in [0.5, 0.6) is 0 Å². The van der Waals surface area contributed by atoms with Crippen molar-refractivity contribution < 1.29 is 53.2 Å². The first-order valence-electron chi connectivity index (χ1n) is 36.9. The first-order chi connectivity index (χ1) is 55.0. The van der Waals surface area contributed by atoms with Gasteiger partial charge in [0, 0.05) is 70.7 Å². The molecule has 0 saturated carbocycles. The Labute approximate surface area is 837 Å². The quantitative estimate of drug-likeness (QED) is 0.0341. The summed E-state index contributed by atoms with van der Waals surface area (Å²) >= 11 is 107. The molecule has 34 heteroatoms. The Balaban J connectivity index is 0.000000381. The summed E-state index contributed by atoms with van der Waals surface area (Å²) in [6, 6.07) is 41.8. The Morgan fingerprint density at radius 2 is 0.645 bits per heavy atom. The molecule has 13 rings (SSSR count). The van der Waals surface area contributed by atoms with Crippen molar-refractivity contribution in [3.8, 4) is 0 Å². The number of rotatable bonds is 20. The van der Waals surface area contributed by atoms with Crippen molar-refractivity contribution in [3.05, 3.63) is 302 Å². The van der Waals surface area contributed by atoms with Gasteiger partial charge in [0.1, 0.15) is 0 Å². The predicted octanol–water partition coefficient (Wildman–Crippen LogP) is 26.3. The van der Waals surface area contributed by atoms with Gasteiger partial charge in [-0.1, -0.05) is 246 Å². The molecular weight excluding hydrogens is 1990 g/mol. The Morgan fingerprint density at radius 1 is 0.364 bits per heavy atom. The largest absolute Gasteiger partial charge is 1.00 e. The van der Waals surface area contributed by atoms with Gasteiger partial charge in [-0.05, 0) is 272 Å². The average Bonchev–Trinajstić information content (AvgIpc) is 1.61. The number of fused-ring (bicyclic) bond motifs is 4. The third kappa shape index (κ3) is 32.1. The van der Waals surface area contributed by atoms with Crippen molar-refractivity contribution >= 4 is 291 Å². The van der Waals surface area contributed by atoms with E-state index in [4.69, 9.17) is 215 Å². The summed E-state index contributed by atoms with van der Waals surface area (Å²) in [6.07, 6.45) is 8.84. The number of carbonyl (C=O) groups excluding carboxylic acids is 5. The van der Waals surface area contributed by atoms with Crippen molar-refractivity contribution in [2.45, 2.75) is 168 Å². The first-order valence-corrected chi connectivity index (χ1v) is 45.1. The number of benzene rings is 9. The normalized spacial score (nSPS) is 14.3. The Hall–Kier alpha value is -2.27. The molecule has 121 heavy (non-hydrogen) atoms. The molecule has 0 aromatic heterocycles. The van der Waals surface area contributed by atoms with E-state index in [0.29, 0.717) is 118 Å². The number of ether oxygens (including phenoxy) is 1. The van der Waals surface area contributed by atoms with Crippen LogP contribution in [0.1, 0.15) is 185 Å². The van der Waals surface area contributed by atoms with Gasteiger partial charge in [-0.15, -0.1) is 24.8 Å². The van der Waals surface area contributed by atoms with Crippen molar-refractivity contribution in [1.82, 2.24) is 14.7 Å². The number of nitrogens with zero attached hydrogens (tertiary/aromatic N) is 3. The minimum Gasteiger partial charge on any atom is -1.00 e. The van der Waals surface area contributed by atoms with E-state index >= 15 is 0 Å². The molecule has 648 valence electrons. The summed E-state index contributed by atoms with van der Waals surface area (Å²) < 4.78 is 16.3. The molecule has 0 radical (unpaired) electrons. The Kier molecular flexibility index (Phi) is 47.1. The second-order valence-electron chi connectivity index (χ2n) is 29.8. The van der Waals surface area contributed by atoms with Gasteiger partial charge in [-0.25, -0.2) is 9.59 Å². The molecule has 4 heterocycles. The van der Waals surface area contributed by atoms with E-state index in [1.54, 1.807) is 30.3 Å². The number of imide groups is 1. The number of hydrogen-bond donors (Lipinski definition) is 1. The molecule has 3 amide bonds. The van der Waals surface area contributed by atoms with E-state index in [9.17, 15) is 28.2 Å². The van der Waals surface area contributed by atoms with Crippen LogP contribution in [-0.4, -0.2) is 101 Å². The zero-order valence-electron chi connectivity index (χ0n) is 67.4. The van der Waals surface area contributed by atoms with Crippen LogP contribution in [0.25, 0.3) is 0 Å². The predicted molar refractivity (Wildman–Crippen MR) is 519 cm³/mol. The number of hydrogen-bond acceptors (Lipinski definition) is 9. The summed E-state index contributed by atoms with van der Waals surface area (Å²) in [5.74, 6) is -0.859. The second-order valence-corrected chi connectivity index (χ2v) is 39.3. The minimum absolute atomic E-state index is 0. The van der Waals surface area contributed by atoms with Crippen LogP contribution in [0, 0.1) is 5.92 Å². The fraction of sp³-hybridized carbons (Fsp3) is 0.322. The van der Waals surface area contributed by atoms with Gasteiger partial charge < -0.3 is 16.8 Å². The van der Waals surface area contributed by atoms with E-state index in [1.807, 2.05) is 131 Å². The molecule has 2 N–H and O–H groups in total. The third-order valence-electron chi connectivity index (χ3n) is 19.6. The molecule has 0 aliphatic carbocycles. The maximum atomic E-state index is 12.6. The standard InChI is InChI=1S/C18H13Cl4NO2.C18H15Cl4NO.C18H17Cl4N.C15H22Cl2OS.C10H13Cl2N.C8H2Cl2O3.Al.2ClH.Li.4H/c1-9(2-3-10-4-5-13(19)14(20)6-10)23-17(24)11-7-15(21)16(22)8-12(11)18(23)25;1-10(2-3-11-4-5-14(19)15(20)6-11)23-9-12-7-16(21)17(22)8-13(12)18(23)24;1-11(2-3-12-4-5-15(19)16(20)6-12)23-9-13-7-17(21)18(22)8-14(13)10-23;1-11(10-19(18)15(2,3)4)5-6-12-7-8-13(16)14(17)9-12;1-7(13)2-3-8-4-5-9(11)10(12)6-8;9-5-1-3-4(2-6(5)10)8(12)13-7(3)11;;;;;;;;/h4-9H,2-3H2,1H3;4-8,10H,2-3,9H2,1H3;4-8,11H,2-3,9-10H2,1H3;7-9,11H,5-6,10H2,1-4H3;4-7H,2-3,13H2,1H3;1-2H;;2*1H;;;;;/q;;;;;;;;;+1;;;;-1/t9-;10-;11-;11-,19+;7-;;;;;;;;;/m11111........./s1. The summed E-state index contributed by atoms with van der Waals surface area (Å²) in [6.45, 7) is 18.8. The molecule has 0 spiro atoms. The number of carbonyl (C=O) groups is 5. The van der Waals surface area contributed by atoms with Crippen LogP contribution in [0.4, 0.5) is 0 Å². The fourth-order valence-corrected chi connectivity index (χ4v) is 16.8. The zero-order chi connectivity index (χ0) is 86.4. The number of cyclic esters (lactones) is 2. The van der Waals surface area contributed by atoms with Crippen LogP contribution in [-0.2, 0) is 67.3 Å². The van der Waals surface area contributed by atoms with Gasteiger partial charge in [0.25, 0.3) is 17.7 Å². The van der Waals surface area contributed by atoms with Crippen LogP contribution in [0.3, 0.4) is 0 Å². The summed E-state index contributed by atoms with van der Waals surface area (Å²) in [5.41, 5.74) is 16.4. The Bertz CT molecular complexity index is 5100. The van der Waals surface area contributed by atoms with E-state index in [1.165, 1.54) is 57.0 Å². The molecule has 0 fully saturated rings. The number of amides is 3. The molecular formula is C87H88AlCl20LiN4O7S. The van der Waals surface area contributed by atoms with Gasteiger partial charge in [0.05, 0.1) is 113 Å². The zero-order valence-corrected chi connectivity index (χ0v) is 82.4. The molecule has 9 aromatic carbocycles. The van der Waals surface area contributed by atoms with Gasteiger partial charge >= 0.3 is 30.8 Å². The smallest absolute Gasteiger partial charge is 1.00 e. The van der Waals surface area contributed by atoms with Crippen molar-refractivity contribution in [3.63, 3.8) is 0 Å². The summed E-state index contributed by atoms with van der Waals surface area (Å²) in [4.78, 5) is 65.3. The van der Waals surface area contributed by atoms with Gasteiger partial charge in [0.15, 0.2) is 17.4 Å². The summed E-state index contributed by atoms with van der Waals surface area (Å²) in [5, 5.41) is 8.84. The molecule has 0 unspecified atom stereocenters. The van der Waals surface area contributed by atoms with Crippen molar-refractivity contribution in [2.75, 3.05) is 5.75 Å². The van der Waals surface area contributed by atoms with Crippen molar-refractivity contribution in [1.29, 1.82) is 0 Å². The number of halogens is 20. The first kappa shape index (κ1) is 111. The SMILES string of the molecule is C[C@@H](N)CCc1ccc(Cl)c(Cl)c1.C[C@H](CCc1ccc(Cl)c(Cl)c1)C[S@](=O)C(C)(C)C.C[C@H](CCc1ccc(Cl)c(Cl)c1)N1C(=O)c2cc(Cl)c(Cl)cc2C1=O.C[C@H](CCc1ccc(Cl)c(Cl)c1)N1Cc2cc(Cl)c(Cl)cc2C1.C[C@H](CCc1ccc(Cl)c(Cl)c1)N1Cc2cc(Cl)c(Cl)cc2C1=O.Cl.Cl.O=C1OC(=O)c2cc(Cl)c(Cl)cc21.[AlH3].[H-].[Li+]. The van der Waals surface area contributed by atoms with Gasteiger partial charge in [0.2, 0.25) is 0 Å². The molecule has 9 aromatic rings. The van der Waals surface area contributed by atoms with Gasteiger partial charge in [-0.3, -0.25) is 28.4 Å². The molecule has 4 aliphatic rings. The van der Waals surface area contributed by atoms with E-state index in [0.717, 1.165) is 86.9 Å². The maximum Gasteiger partial charge on any atom is 1.00 e. The van der Waals surface area contributed by atoms with E-state index in [2.05, 4.69) is 23.5 Å². The molecule has 0 bridgehead atoms. The second kappa shape index (κ2) is 51.4. The van der Waals surface area contributed by atoms with Gasteiger partial charge in [-0.2, -0.15) is 0 Å². The number of esters is 2. The number of nitrogens with two attached hydrogens (primary N) is 1. The monoisotopic (exact) mass is 2070 g/mol. The van der Waals surface area contributed by atoms with E-state index < -0.39 is 22.7 Å². The molecule has 11 nitrogen and oxygen atoms in total. The van der Waals surface area contributed by atoms with Crippen LogP contribution in [0.15, 0.2) is 140 Å². The third-order valence-corrected chi connectivity index (χ3v) is 28.4. The average molecular weight is 2080 g/mol. The molecule has 0 saturated heterocycles.